The fourth-order valence-electron chi connectivity index (χ4n) is 1.41. The van der Waals surface area contributed by atoms with Crippen LogP contribution < -0.4 is 5.32 Å². The summed E-state index contributed by atoms with van der Waals surface area (Å²) in [5, 5.41) is 4.06. The molecule has 0 amide bonds. The molecule has 74 valence electrons. The second-order valence-electron chi connectivity index (χ2n) is 3.65. The lowest BCUT2D eigenvalue weighted by Gasteiger charge is -2.03. The summed E-state index contributed by atoms with van der Waals surface area (Å²) in [7, 11) is 1.90. The van der Waals surface area contributed by atoms with Crippen molar-refractivity contribution < 1.29 is 0 Å². The monoisotopic (exact) mass is 206 g/mol. The third-order valence-electron chi connectivity index (χ3n) is 2.29. The summed E-state index contributed by atoms with van der Waals surface area (Å²) in [4.78, 5) is 4.44. The Morgan fingerprint density at radius 1 is 1.36 bits per heavy atom. The van der Waals surface area contributed by atoms with Gasteiger partial charge in [-0.05, 0) is 23.6 Å². The van der Waals surface area contributed by atoms with Crippen LogP contribution in [0.4, 0.5) is 5.13 Å². The summed E-state index contributed by atoms with van der Waals surface area (Å²) in [6, 6.07) is 6.49. The lowest BCUT2D eigenvalue weighted by Crippen LogP contribution is -1.85. The minimum atomic E-state index is 0.583. The van der Waals surface area contributed by atoms with E-state index in [1.807, 2.05) is 7.05 Å². The highest BCUT2D eigenvalue weighted by atomic mass is 32.1. The molecule has 3 heteroatoms. The van der Waals surface area contributed by atoms with E-state index >= 15 is 0 Å². The highest BCUT2D eigenvalue weighted by Gasteiger charge is 2.04. The molecule has 0 fully saturated rings. The number of aromatic nitrogens is 1. The molecule has 0 bridgehead atoms. The number of fused-ring (bicyclic) bond motifs is 1. The van der Waals surface area contributed by atoms with E-state index < -0.39 is 0 Å². The fourth-order valence-corrected chi connectivity index (χ4v) is 2.27. The van der Waals surface area contributed by atoms with Crippen molar-refractivity contribution in [3.8, 4) is 0 Å². The topological polar surface area (TPSA) is 24.9 Å². The molecule has 0 saturated carbocycles. The van der Waals surface area contributed by atoms with Gasteiger partial charge in [-0.1, -0.05) is 31.3 Å². The van der Waals surface area contributed by atoms with E-state index in [0.717, 1.165) is 10.6 Å². The van der Waals surface area contributed by atoms with E-state index in [-0.39, 0.29) is 0 Å². The van der Waals surface area contributed by atoms with Crippen molar-refractivity contribution in [2.75, 3.05) is 12.4 Å². The van der Waals surface area contributed by atoms with E-state index in [9.17, 15) is 0 Å². The van der Waals surface area contributed by atoms with Crippen LogP contribution in [-0.4, -0.2) is 12.0 Å². The van der Waals surface area contributed by atoms with E-state index in [4.69, 9.17) is 0 Å². The van der Waals surface area contributed by atoms with Gasteiger partial charge in [0.05, 0.1) is 10.2 Å². The molecule has 14 heavy (non-hydrogen) atoms. The van der Waals surface area contributed by atoms with Gasteiger partial charge in [0, 0.05) is 7.05 Å². The molecule has 2 rings (SSSR count). The van der Waals surface area contributed by atoms with E-state index in [2.05, 4.69) is 42.3 Å². The summed E-state index contributed by atoms with van der Waals surface area (Å²) in [6.07, 6.45) is 0. The number of thiazole rings is 1. The van der Waals surface area contributed by atoms with Crippen LogP contribution in [0, 0.1) is 0 Å². The van der Waals surface area contributed by atoms with Crippen LogP contribution in [0.3, 0.4) is 0 Å². The number of benzene rings is 1. The van der Waals surface area contributed by atoms with Crippen molar-refractivity contribution in [3.05, 3.63) is 23.8 Å². The van der Waals surface area contributed by atoms with Gasteiger partial charge in [-0.15, -0.1) is 0 Å². The maximum absolute atomic E-state index is 4.44. The zero-order chi connectivity index (χ0) is 10.1. The van der Waals surface area contributed by atoms with Crippen molar-refractivity contribution in [2.24, 2.45) is 0 Å². The van der Waals surface area contributed by atoms with E-state index in [1.165, 1.54) is 10.3 Å². The van der Waals surface area contributed by atoms with Gasteiger partial charge in [-0.25, -0.2) is 4.98 Å². The molecule has 0 saturated heterocycles. The van der Waals surface area contributed by atoms with Gasteiger partial charge in [0.25, 0.3) is 0 Å². The molecule has 0 atom stereocenters. The molecule has 2 aromatic rings. The van der Waals surface area contributed by atoms with Crippen LogP contribution in [-0.2, 0) is 0 Å². The van der Waals surface area contributed by atoms with E-state index in [0.29, 0.717) is 5.92 Å². The molecule has 0 aliphatic heterocycles. The molecule has 0 radical (unpaired) electrons. The second kappa shape index (κ2) is 3.58. The van der Waals surface area contributed by atoms with Gasteiger partial charge < -0.3 is 5.32 Å². The molecule has 2 nitrogen and oxygen atoms in total. The van der Waals surface area contributed by atoms with Crippen LogP contribution in [0.1, 0.15) is 25.3 Å². The summed E-state index contributed by atoms with van der Waals surface area (Å²) in [6.45, 7) is 4.42. The highest BCUT2D eigenvalue weighted by molar-refractivity contribution is 7.22. The Hall–Kier alpha value is -1.09. The normalized spacial score (nSPS) is 11.1. The van der Waals surface area contributed by atoms with E-state index in [1.54, 1.807) is 11.3 Å². The van der Waals surface area contributed by atoms with Crippen molar-refractivity contribution in [2.45, 2.75) is 19.8 Å². The maximum Gasteiger partial charge on any atom is 0.183 e. The Morgan fingerprint density at radius 2 is 2.14 bits per heavy atom. The van der Waals surface area contributed by atoms with Gasteiger partial charge in [0.15, 0.2) is 5.13 Å². The van der Waals surface area contributed by atoms with Gasteiger partial charge in [-0.2, -0.15) is 0 Å². The molecule has 1 aromatic carbocycles. The molecule has 0 unspecified atom stereocenters. The predicted octanol–water partition coefficient (Wildman–Crippen LogP) is 3.46. The zero-order valence-electron chi connectivity index (χ0n) is 8.66. The zero-order valence-corrected chi connectivity index (χ0v) is 9.48. The number of anilines is 1. The van der Waals surface area contributed by atoms with Crippen molar-refractivity contribution in [3.63, 3.8) is 0 Å². The first-order valence-corrected chi connectivity index (χ1v) is 5.60. The lowest BCUT2D eigenvalue weighted by molar-refractivity contribution is 0.869. The average Bonchev–Trinajstić information content (AvgIpc) is 2.58. The molecule has 0 aliphatic rings. The number of nitrogens with one attached hydrogen (secondary N) is 1. The van der Waals surface area contributed by atoms with Crippen molar-refractivity contribution in [1.82, 2.24) is 4.98 Å². The number of rotatable bonds is 2. The van der Waals surface area contributed by atoms with Gasteiger partial charge in [-0.3, -0.25) is 0 Å². The van der Waals surface area contributed by atoms with Crippen molar-refractivity contribution >= 4 is 26.7 Å². The van der Waals surface area contributed by atoms with Crippen LogP contribution in [0.2, 0.25) is 0 Å². The Labute approximate surface area is 88.0 Å². The quantitative estimate of drug-likeness (QED) is 0.814. The minimum absolute atomic E-state index is 0.583. The average molecular weight is 206 g/mol. The first-order valence-electron chi connectivity index (χ1n) is 4.79. The first-order chi connectivity index (χ1) is 6.70. The smallest absolute Gasteiger partial charge is 0.183 e. The third kappa shape index (κ3) is 1.60. The van der Waals surface area contributed by atoms with Crippen LogP contribution in [0.15, 0.2) is 18.2 Å². The predicted molar refractivity (Wildman–Crippen MR) is 63.3 cm³/mol. The molecule has 1 N–H and O–H groups in total. The molecule has 0 spiro atoms. The summed E-state index contributed by atoms with van der Waals surface area (Å²) in [5.74, 6) is 0.583. The van der Waals surface area contributed by atoms with Gasteiger partial charge in [0.2, 0.25) is 0 Å². The maximum atomic E-state index is 4.44. The third-order valence-corrected chi connectivity index (χ3v) is 3.33. The minimum Gasteiger partial charge on any atom is -0.365 e. The number of hydrogen-bond acceptors (Lipinski definition) is 3. The SMILES string of the molecule is CNc1nc2ccc(C(C)C)cc2s1. The van der Waals surface area contributed by atoms with Gasteiger partial charge in [0.1, 0.15) is 0 Å². The number of hydrogen-bond donors (Lipinski definition) is 1. The Balaban J connectivity index is 2.54. The van der Waals surface area contributed by atoms with Crippen LogP contribution >= 0.6 is 11.3 Å². The number of nitrogens with zero attached hydrogens (tertiary/aromatic N) is 1. The summed E-state index contributed by atoms with van der Waals surface area (Å²) in [5.41, 5.74) is 2.47. The highest BCUT2D eigenvalue weighted by Crippen LogP contribution is 2.28. The lowest BCUT2D eigenvalue weighted by atomic mass is 10.0. The van der Waals surface area contributed by atoms with Crippen LogP contribution in [0.25, 0.3) is 10.2 Å². The molecular formula is C11H14N2S. The summed E-state index contributed by atoms with van der Waals surface area (Å²) < 4.78 is 1.26. The standard InChI is InChI=1S/C11H14N2S/c1-7(2)8-4-5-9-10(6-8)14-11(12-3)13-9/h4-7H,1-3H3,(H,12,13). The second-order valence-corrected chi connectivity index (χ2v) is 4.68. The molecule has 0 aliphatic carbocycles. The first kappa shape index (κ1) is 9.46. The Morgan fingerprint density at radius 3 is 2.79 bits per heavy atom. The Bertz CT molecular complexity index is 445. The summed E-state index contributed by atoms with van der Waals surface area (Å²) >= 11 is 1.71. The van der Waals surface area contributed by atoms with Crippen molar-refractivity contribution in [1.29, 1.82) is 0 Å². The van der Waals surface area contributed by atoms with Gasteiger partial charge >= 0.3 is 0 Å². The largest absolute Gasteiger partial charge is 0.365 e. The molecular weight excluding hydrogens is 192 g/mol. The van der Waals surface area contributed by atoms with Crippen LogP contribution in [0.5, 0.6) is 0 Å². The Kier molecular flexibility index (Phi) is 2.42. The fraction of sp³-hybridized carbons (Fsp3) is 0.364. The molecule has 1 heterocycles. The molecule has 1 aromatic heterocycles.